The molecule has 0 aliphatic rings. The Morgan fingerprint density at radius 3 is 2.27 bits per heavy atom. The Balaban J connectivity index is 3.54. The second kappa shape index (κ2) is 5.17. The van der Waals surface area contributed by atoms with E-state index in [0.29, 0.717) is 5.92 Å². The first-order chi connectivity index (χ1) is 5.07. The molecule has 0 spiro atoms. The highest BCUT2D eigenvalue weighted by Crippen LogP contribution is 2.17. The van der Waals surface area contributed by atoms with Gasteiger partial charge < -0.3 is 0 Å². The van der Waals surface area contributed by atoms with E-state index < -0.39 is 0 Å². The van der Waals surface area contributed by atoms with Crippen LogP contribution in [0.5, 0.6) is 0 Å². The van der Waals surface area contributed by atoms with Gasteiger partial charge in [0.1, 0.15) is 0 Å². The Hall–Kier alpha value is -0.520. The smallest absolute Gasteiger partial charge is 0.0234 e. The van der Waals surface area contributed by atoms with Crippen LogP contribution in [0, 0.1) is 5.92 Å². The quantitative estimate of drug-likeness (QED) is 0.523. The van der Waals surface area contributed by atoms with Crippen LogP contribution >= 0.6 is 0 Å². The van der Waals surface area contributed by atoms with Crippen LogP contribution in [0.1, 0.15) is 40.0 Å². The molecule has 1 atom stereocenters. The Morgan fingerprint density at radius 1 is 1.36 bits per heavy atom. The Bertz CT molecular complexity index is 142. The molecule has 0 saturated heterocycles. The van der Waals surface area contributed by atoms with Gasteiger partial charge in [0.15, 0.2) is 0 Å². The first-order valence-corrected chi connectivity index (χ1v) is 4.40. The van der Waals surface area contributed by atoms with Crippen LogP contribution in [0.4, 0.5) is 0 Å². The summed E-state index contributed by atoms with van der Waals surface area (Å²) in [5.41, 5.74) is 2.65. The average Bonchev–Trinajstić information content (AvgIpc) is 1.99. The third-order valence-electron chi connectivity index (χ3n) is 2.27. The SMILES string of the molecule is C=C(CC)CCC(C)C(=C)C. The van der Waals surface area contributed by atoms with Crippen LogP contribution in [0.2, 0.25) is 0 Å². The van der Waals surface area contributed by atoms with Crippen LogP contribution in [-0.2, 0) is 0 Å². The molecule has 0 fully saturated rings. The Morgan fingerprint density at radius 2 is 1.91 bits per heavy atom. The minimum absolute atomic E-state index is 0.651. The zero-order chi connectivity index (χ0) is 8.85. The van der Waals surface area contributed by atoms with E-state index in [1.165, 1.54) is 17.6 Å². The molecule has 0 aromatic carbocycles. The summed E-state index contributed by atoms with van der Waals surface area (Å²) in [7, 11) is 0. The molecule has 0 aliphatic heterocycles. The minimum Gasteiger partial charge on any atom is -0.0999 e. The second-order valence-corrected chi connectivity index (χ2v) is 3.39. The van der Waals surface area contributed by atoms with Crippen molar-refractivity contribution in [1.82, 2.24) is 0 Å². The molecule has 64 valence electrons. The largest absolute Gasteiger partial charge is 0.0999 e. The highest BCUT2D eigenvalue weighted by molar-refractivity contribution is 4.98. The standard InChI is InChI=1S/C11H20/c1-6-10(4)7-8-11(5)9(2)3/h11H,2,4,6-8H2,1,3,5H3. The molecule has 11 heavy (non-hydrogen) atoms. The van der Waals surface area contributed by atoms with Crippen LogP contribution in [0.15, 0.2) is 24.3 Å². The normalized spacial score (nSPS) is 12.6. The van der Waals surface area contributed by atoms with Crippen LogP contribution < -0.4 is 0 Å². The lowest BCUT2D eigenvalue weighted by Gasteiger charge is -2.10. The highest BCUT2D eigenvalue weighted by Gasteiger charge is 2.01. The fourth-order valence-corrected chi connectivity index (χ4v) is 0.844. The maximum absolute atomic E-state index is 3.97. The Labute approximate surface area is 71.0 Å². The van der Waals surface area contributed by atoms with Gasteiger partial charge in [-0.05, 0) is 32.1 Å². The van der Waals surface area contributed by atoms with Crippen LogP contribution in [0.3, 0.4) is 0 Å². The van der Waals surface area contributed by atoms with E-state index in [2.05, 4.69) is 33.9 Å². The fourth-order valence-electron chi connectivity index (χ4n) is 0.844. The lowest BCUT2D eigenvalue weighted by Crippen LogP contribution is -1.95. The summed E-state index contributed by atoms with van der Waals surface area (Å²) in [5.74, 6) is 0.651. The average molecular weight is 152 g/mol. The van der Waals surface area contributed by atoms with Gasteiger partial charge in [0, 0.05) is 0 Å². The third-order valence-corrected chi connectivity index (χ3v) is 2.27. The van der Waals surface area contributed by atoms with Gasteiger partial charge in [-0.3, -0.25) is 0 Å². The molecule has 0 radical (unpaired) electrons. The van der Waals surface area contributed by atoms with Crippen molar-refractivity contribution in [3.63, 3.8) is 0 Å². The summed E-state index contributed by atoms with van der Waals surface area (Å²) in [6.45, 7) is 14.4. The van der Waals surface area contributed by atoms with Gasteiger partial charge in [0.25, 0.3) is 0 Å². The predicted molar refractivity (Wildman–Crippen MR) is 52.6 cm³/mol. The number of rotatable bonds is 5. The van der Waals surface area contributed by atoms with Gasteiger partial charge in [0.05, 0.1) is 0 Å². The summed E-state index contributed by atoms with van der Waals surface area (Å²) < 4.78 is 0. The summed E-state index contributed by atoms with van der Waals surface area (Å²) in [4.78, 5) is 0. The molecule has 1 unspecified atom stereocenters. The van der Waals surface area contributed by atoms with Gasteiger partial charge in [-0.1, -0.05) is 38.2 Å². The van der Waals surface area contributed by atoms with Gasteiger partial charge in [-0.15, -0.1) is 0 Å². The van der Waals surface area contributed by atoms with E-state index in [1.54, 1.807) is 0 Å². The summed E-state index contributed by atoms with van der Waals surface area (Å²) >= 11 is 0. The molecule has 0 rings (SSSR count). The molecule has 0 heteroatoms. The summed E-state index contributed by atoms with van der Waals surface area (Å²) in [5, 5.41) is 0. The molecule has 0 aliphatic carbocycles. The lowest BCUT2D eigenvalue weighted by molar-refractivity contribution is 0.607. The molecule has 0 aromatic rings. The minimum atomic E-state index is 0.651. The van der Waals surface area contributed by atoms with Crippen molar-refractivity contribution < 1.29 is 0 Å². The third kappa shape index (κ3) is 4.83. The van der Waals surface area contributed by atoms with E-state index in [4.69, 9.17) is 0 Å². The molecule has 0 N–H and O–H groups in total. The van der Waals surface area contributed by atoms with Gasteiger partial charge in [-0.2, -0.15) is 0 Å². The number of allylic oxidation sites excluding steroid dienone is 2. The fraction of sp³-hybridized carbons (Fsp3) is 0.636. The van der Waals surface area contributed by atoms with Crippen molar-refractivity contribution >= 4 is 0 Å². The van der Waals surface area contributed by atoms with E-state index in [1.807, 2.05) is 0 Å². The van der Waals surface area contributed by atoms with E-state index >= 15 is 0 Å². The maximum atomic E-state index is 3.97. The highest BCUT2D eigenvalue weighted by atomic mass is 14.1. The van der Waals surface area contributed by atoms with Crippen molar-refractivity contribution in [2.45, 2.75) is 40.0 Å². The monoisotopic (exact) mass is 152 g/mol. The number of hydrogen-bond acceptors (Lipinski definition) is 0. The predicted octanol–water partition coefficient (Wildman–Crippen LogP) is 3.95. The van der Waals surface area contributed by atoms with E-state index in [9.17, 15) is 0 Å². The molecular formula is C11H20. The van der Waals surface area contributed by atoms with Crippen LogP contribution in [0.25, 0.3) is 0 Å². The van der Waals surface area contributed by atoms with Gasteiger partial charge in [-0.25, -0.2) is 0 Å². The molecule has 0 aromatic heterocycles. The molecule has 0 heterocycles. The van der Waals surface area contributed by atoms with Crippen molar-refractivity contribution in [3.8, 4) is 0 Å². The van der Waals surface area contributed by atoms with Gasteiger partial charge in [0.2, 0.25) is 0 Å². The van der Waals surface area contributed by atoms with E-state index in [0.717, 1.165) is 12.8 Å². The van der Waals surface area contributed by atoms with Crippen molar-refractivity contribution in [2.24, 2.45) is 5.92 Å². The van der Waals surface area contributed by atoms with E-state index in [-0.39, 0.29) is 0 Å². The topological polar surface area (TPSA) is 0 Å². The van der Waals surface area contributed by atoms with Crippen molar-refractivity contribution in [1.29, 1.82) is 0 Å². The zero-order valence-electron chi connectivity index (χ0n) is 8.11. The lowest BCUT2D eigenvalue weighted by atomic mass is 9.96. The Kier molecular flexibility index (Phi) is 4.93. The molecule has 0 nitrogen and oxygen atoms in total. The molecule has 0 amide bonds. The molecule has 0 saturated carbocycles. The molecule has 0 bridgehead atoms. The molecular weight excluding hydrogens is 132 g/mol. The zero-order valence-corrected chi connectivity index (χ0v) is 8.11. The van der Waals surface area contributed by atoms with Crippen molar-refractivity contribution in [3.05, 3.63) is 24.3 Å². The maximum Gasteiger partial charge on any atom is -0.0234 e. The first-order valence-electron chi connectivity index (χ1n) is 4.40. The summed E-state index contributed by atoms with van der Waals surface area (Å²) in [6, 6.07) is 0. The van der Waals surface area contributed by atoms with Crippen LogP contribution in [-0.4, -0.2) is 0 Å². The van der Waals surface area contributed by atoms with Gasteiger partial charge >= 0.3 is 0 Å². The first kappa shape index (κ1) is 10.5. The second-order valence-electron chi connectivity index (χ2n) is 3.39. The summed E-state index contributed by atoms with van der Waals surface area (Å²) in [6.07, 6.45) is 3.48. The van der Waals surface area contributed by atoms with Crippen molar-refractivity contribution in [2.75, 3.05) is 0 Å². The number of hydrogen-bond donors (Lipinski definition) is 0.